The summed E-state index contributed by atoms with van der Waals surface area (Å²) in [5, 5.41) is 9.93. The van der Waals surface area contributed by atoms with Crippen molar-refractivity contribution in [3.63, 3.8) is 0 Å². The van der Waals surface area contributed by atoms with E-state index in [2.05, 4.69) is 20.5 Å². The summed E-state index contributed by atoms with van der Waals surface area (Å²) in [5.74, 6) is -0.0401. The van der Waals surface area contributed by atoms with Gasteiger partial charge in [-0.1, -0.05) is 12.1 Å². The van der Waals surface area contributed by atoms with Crippen molar-refractivity contribution in [1.82, 2.24) is 15.2 Å². The highest BCUT2D eigenvalue weighted by atomic mass is 16.2. The zero-order valence-corrected chi connectivity index (χ0v) is 11.7. The molecule has 0 spiro atoms. The first kappa shape index (κ1) is 13.1. The number of fused-ring (bicyclic) bond motifs is 1. The molecule has 6 nitrogen and oxygen atoms in total. The van der Waals surface area contributed by atoms with Crippen molar-refractivity contribution in [1.29, 1.82) is 0 Å². The molecule has 0 aliphatic heterocycles. The molecule has 3 rings (SSSR count). The fourth-order valence-corrected chi connectivity index (χ4v) is 2.12. The highest BCUT2D eigenvalue weighted by Crippen LogP contribution is 2.15. The molecule has 2 heterocycles. The van der Waals surface area contributed by atoms with Crippen molar-refractivity contribution in [3.05, 3.63) is 57.5 Å². The number of carbonyl (C=O) groups excluding carboxylic acids is 1. The minimum absolute atomic E-state index is 0.0637. The van der Waals surface area contributed by atoms with Crippen LogP contribution in [0.3, 0.4) is 0 Å². The lowest BCUT2D eigenvalue weighted by Crippen LogP contribution is -2.22. The molecule has 0 radical (unpaired) electrons. The van der Waals surface area contributed by atoms with Crippen LogP contribution in [-0.2, 0) is 0 Å². The van der Waals surface area contributed by atoms with Crippen LogP contribution >= 0.6 is 0 Å². The molecule has 0 bridgehead atoms. The monoisotopic (exact) mass is 282 g/mol. The molecular formula is C15H14N4O2. The zero-order chi connectivity index (χ0) is 15.0. The fourth-order valence-electron chi connectivity index (χ4n) is 2.12. The van der Waals surface area contributed by atoms with E-state index < -0.39 is 5.91 Å². The fraction of sp³-hybridized carbons (Fsp3) is 0.133. The van der Waals surface area contributed by atoms with E-state index in [1.165, 1.54) is 6.20 Å². The van der Waals surface area contributed by atoms with Gasteiger partial charge in [-0.3, -0.25) is 14.7 Å². The number of aromatic amines is 2. The van der Waals surface area contributed by atoms with E-state index in [1.54, 1.807) is 18.2 Å². The standard InChI is InChI=1S/C15H14N4O2/c1-8-9(2)18-19-14(8)17-15(21)11-7-16-12-6-4-3-5-10(12)13(11)20/h3-7H,1-2H3,(H,16,20)(H2,17,18,19,21). The van der Waals surface area contributed by atoms with Crippen molar-refractivity contribution < 1.29 is 4.79 Å². The molecule has 0 unspecified atom stereocenters. The first-order chi connectivity index (χ1) is 10.1. The number of benzene rings is 1. The molecule has 0 saturated carbocycles. The van der Waals surface area contributed by atoms with Gasteiger partial charge in [-0.15, -0.1) is 0 Å². The summed E-state index contributed by atoms with van der Waals surface area (Å²) in [7, 11) is 0. The predicted molar refractivity (Wildman–Crippen MR) is 80.6 cm³/mol. The molecule has 21 heavy (non-hydrogen) atoms. The highest BCUT2D eigenvalue weighted by Gasteiger charge is 2.15. The summed E-state index contributed by atoms with van der Waals surface area (Å²) >= 11 is 0. The van der Waals surface area contributed by atoms with Crippen LogP contribution in [-0.4, -0.2) is 21.1 Å². The Morgan fingerprint density at radius 1 is 1.24 bits per heavy atom. The molecule has 0 aliphatic rings. The summed E-state index contributed by atoms with van der Waals surface area (Å²) in [6.45, 7) is 3.71. The van der Waals surface area contributed by atoms with E-state index in [0.29, 0.717) is 16.7 Å². The number of pyridine rings is 1. The van der Waals surface area contributed by atoms with Crippen LogP contribution in [0.15, 0.2) is 35.3 Å². The molecule has 3 N–H and O–H groups in total. The maximum atomic E-state index is 12.3. The Kier molecular flexibility index (Phi) is 3.06. The number of para-hydroxylation sites is 1. The van der Waals surface area contributed by atoms with E-state index in [-0.39, 0.29) is 11.0 Å². The van der Waals surface area contributed by atoms with E-state index in [1.807, 2.05) is 19.9 Å². The number of aryl methyl sites for hydroxylation is 1. The summed E-state index contributed by atoms with van der Waals surface area (Å²) < 4.78 is 0. The second kappa shape index (κ2) is 4.90. The molecule has 0 fully saturated rings. The SMILES string of the molecule is Cc1[nH]nc(NC(=O)c2c[nH]c3ccccc3c2=O)c1C. The quantitative estimate of drug-likeness (QED) is 0.672. The second-order valence-electron chi connectivity index (χ2n) is 4.85. The molecule has 3 aromatic rings. The molecule has 0 aliphatic carbocycles. The van der Waals surface area contributed by atoms with Gasteiger partial charge in [0.25, 0.3) is 5.91 Å². The normalized spacial score (nSPS) is 10.8. The number of nitrogens with one attached hydrogen (secondary N) is 3. The number of hydrogen-bond acceptors (Lipinski definition) is 3. The highest BCUT2D eigenvalue weighted by molar-refractivity contribution is 6.05. The second-order valence-corrected chi connectivity index (χ2v) is 4.85. The first-order valence-electron chi connectivity index (χ1n) is 6.51. The van der Waals surface area contributed by atoms with E-state index in [0.717, 1.165) is 11.3 Å². The van der Waals surface area contributed by atoms with Crippen molar-refractivity contribution in [2.24, 2.45) is 0 Å². The van der Waals surface area contributed by atoms with Crippen LogP contribution in [0.4, 0.5) is 5.82 Å². The topological polar surface area (TPSA) is 90.6 Å². The van der Waals surface area contributed by atoms with Gasteiger partial charge >= 0.3 is 0 Å². The number of amides is 1. The lowest BCUT2D eigenvalue weighted by atomic mass is 10.1. The predicted octanol–water partition coefficient (Wildman–Crippen LogP) is 2.12. The number of rotatable bonds is 2. The third-order valence-electron chi connectivity index (χ3n) is 3.52. The Bertz CT molecular complexity index is 892. The lowest BCUT2D eigenvalue weighted by molar-refractivity contribution is 0.102. The van der Waals surface area contributed by atoms with Gasteiger partial charge in [-0.25, -0.2) is 0 Å². The van der Waals surface area contributed by atoms with Crippen LogP contribution in [0.5, 0.6) is 0 Å². The summed E-state index contributed by atoms with van der Waals surface area (Å²) in [6.07, 6.45) is 1.43. The van der Waals surface area contributed by atoms with Crippen LogP contribution in [0.2, 0.25) is 0 Å². The van der Waals surface area contributed by atoms with Crippen LogP contribution in [0, 0.1) is 13.8 Å². The summed E-state index contributed by atoms with van der Waals surface area (Å²) in [6, 6.07) is 7.07. The van der Waals surface area contributed by atoms with Crippen molar-refractivity contribution in [2.45, 2.75) is 13.8 Å². The zero-order valence-electron chi connectivity index (χ0n) is 11.7. The van der Waals surface area contributed by atoms with E-state index >= 15 is 0 Å². The minimum Gasteiger partial charge on any atom is -0.360 e. The van der Waals surface area contributed by atoms with Gasteiger partial charge in [0, 0.05) is 28.4 Å². The van der Waals surface area contributed by atoms with Crippen LogP contribution < -0.4 is 10.7 Å². The molecule has 1 amide bonds. The lowest BCUT2D eigenvalue weighted by Gasteiger charge is -2.04. The maximum absolute atomic E-state index is 12.3. The number of nitrogens with zero attached hydrogens (tertiary/aromatic N) is 1. The van der Waals surface area contributed by atoms with Gasteiger partial charge in [-0.2, -0.15) is 5.10 Å². The third kappa shape index (κ3) is 2.20. The van der Waals surface area contributed by atoms with Crippen molar-refractivity contribution in [2.75, 3.05) is 5.32 Å². The molecular weight excluding hydrogens is 268 g/mol. The van der Waals surface area contributed by atoms with Crippen molar-refractivity contribution in [3.8, 4) is 0 Å². The molecule has 0 atom stereocenters. The number of hydrogen-bond donors (Lipinski definition) is 3. The smallest absolute Gasteiger partial charge is 0.262 e. The van der Waals surface area contributed by atoms with E-state index in [4.69, 9.17) is 0 Å². The Hall–Kier alpha value is -2.89. The average Bonchev–Trinajstić information content (AvgIpc) is 2.80. The van der Waals surface area contributed by atoms with E-state index in [9.17, 15) is 9.59 Å². The molecule has 106 valence electrons. The third-order valence-corrected chi connectivity index (χ3v) is 3.52. The van der Waals surface area contributed by atoms with Crippen molar-refractivity contribution >= 4 is 22.6 Å². The Labute approximate surface area is 120 Å². The van der Waals surface area contributed by atoms with Crippen LogP contribution in [0.1, 0.15) is 21.6 Å². The van der Waals surface area contributed by atoms with Gasteiger partial charge in [-0.05, 0) is 26.0 Å². The number of carbonyl (C=O) groups is 1. The van der Waals surface area contributed by atoms with Crippen LogP contribution in [0.25, 0.3) is 10.9 Å². The molecule has 0 saturated heterocycles. The van der Waals surface area contributed by atoms with Gasteiger partial charge in [0.2, 0.25) is 5.43 Å². The molecule has 6 heteroatoms. The Morgan fingerprint density at radius 3 is 2.71 bits per heavy atom. The van der Waals surface area contributed by atoms with Gasteiger partial charge in [0.15, 0.2) is 5.82 Å². The number of aromatic nitrogens is 3. The molecule has 1 aromatic carbocycles. The number of anilines is 1. The Morgan fingerprint density at radius 2 is 2.00 bits per heavy atom. The maximum Gasteiger partial charge on any atom is 0.262 e. The number of H-pyrrole nitrogens is 2. The van der Waals surface area contributed by atoms with Gasteiger partial charge < -0.3 is 10.3 Å². The largest absolute Gasteiger partial charge is 0.360 e. The average molecular weight is 282 g/mol. The first-order valence-corrected chi connectivity index (χ1v) is 6.51. The minimum atomic E-state index is -0.475. The molecule has 2 aromatic heterocycles. The van der Waals surface area contributed by atoms with Gasteiger partial charge in [0.1, 0.15) is 5.56 Å². The summed E-state index contributed by atoms with van der Waals surface area (Å²) in [4.78, 5) is 27.6. The summed E-state index contributed by atoms with van der Waals surface area (Å²) in [5.41, 5.74) is 2.18. The van der Waals surface area contributed by atoms with Gasteiger partial charge in [0.05, 0.1) is 0 Å². The Balaban J connectivity index is 2.00.